The van der Waals surface area contributed by atoms with E-state index in [9.17, 15) is 14.7 Å². The molecule has 1 aliphatic rings. The van der Waals surface area contributed by atoms with Crippen LogP contribution in [0.3, 0.4) is 0 Å². The molecule has 6 nitrogen and oxygen atoms in total. The first-order valence-corrected chi connectivity index (χ1v) is 7.96. The first-order chi connectivity index (χ1) is 10.9. The van der Waals surface area contributed by atoms with Crippen molar-refractivity contribution in [1.29, 1.82) is 0 Å². The van der Waals surface area contributed by atoms with Crippen LogP contribution in [0.15, 0.2) is 18.2 Å². The van der Waals surface area contributed by atoms with Gasteiger partial charge >= 0.3 is 5.97 Å². The zero-order valence-electron chi connectivity index (χ0n) is 13.0. The molecular formula is C16H16N2O4S. The Morgan fingerprint density at radius 2 is 2.17 bits per heavy atom. The molecule has 1 amide bonds. The molecule has 0 fully saturated rings. The van der Waals surface area contributed by atoms with Crippen molar-refractivity contribution in [2.45, 2.75) is 26.8 Å². The summed E-state index contributed by atoms with van der Waals surface area (Å²) in [5, 5.41) is 10.2. The molecule has 3 rings (SSSR count). The number of carboxylic acids is 1. The molecule has 2 aromatic rings. The van der Waals surface area contributed by atoms with Crippen LogP contribution in [0.25, 0.3) is 11.3 Å². The van der Waals surface area contributed by atoms with E-state index in [1.165, 1.54) is 11.8 Å². The van der Waals surface area contributed by atoms with Crippen molar-refractivity contribution in [2.24, 2.45) is 0 Å². The SMILES string of the molecule is Cc1nc(-c2ccc3c(c2)N(C(C)C(=O)O)C(=O)CO3)c(C)s1. The Bertz CT molecular complexity index is 799. The van der Waals surface area contributed by atoms with Crippen LogP contribution in [0.1, 0.15) is 16.8 Å². The third-order valence-electron chi connectivity index (χ3n) is 3.76. The summed E-state index contributed by atoms with van der Waals surface area (Å²) in [5.74, 6) is -0.918. The van der Waals surface area contributed by atoms with Crippen molar-refractivity contribution in [1.82, 2.24) is 4.98 Å². The number of nitrogens with zero attached hydrogens (tertiary/aromatic N) is 2. The minimum absolute atomic E-state index is 0.154. The van der Waals surface area contributed by atoms with Gasteiger partial charge in [-0.05, 0) is 39.0 Å². The predicted octanol–water partition coefficient (Wildman–Crippen LogP) is 2.63. The molecule has 120 valence electrons. The summed E-state index contributed by atoms with van der Waals surface area (Å²) in [6.45, 7) is 5.25. The van der Waals surface area contributed by atoms with Crippen molar-refractivity contribution in [3.8, 4) is 17.0 Å². The van der Waals surface area contributed by atoms with Crippen molar-refractivity contribution in [3.05, 3.63) is 28.1 Å². The average Bonchev–Trinajstić information content (AvgIpc) is 2.84. The van der Waals surface area contributed by atoms with Gasteiger partial charge in [-0.2, -0.15) is 0 Å². The van der Waals surface area contributed by atoms with Crippen LogP contribution in [0.2, 0.25) is 0 Å². The second-order valence-corrected chi connectivity index (χ2v) is 6.79. The number of hydrogen-bond donors (Lipinski definition) is 1. The van der Waals surface area contributed by atoms with Gasteiger partial charge in [-0.15, -0.1) is 11.3 Å². The minimum atomic E-state index is -1.06. The molecule has 0 saturated heterocycles. The Labute approximate surface area is 137 Å². The number of ether oxygens (including phenoxy) is 1. The number of aryl methyl sites for hydroxylation is 2. The van der Waals surface area contributed by atoms with Gasteiger partial charge in [0.15, 0.2) is 6.61 Å². The van der Waals surface area contributed by atoms with Crippen molar-refractivity contribution < 1.29 is 19.4 Å². The van der Waals surface area contributed by atoms with E-state index in [4.69, 9.17) is 4.74 Å². The predicted molar refractivity (Wildman–Crippen MR) is 87.1 cm³/mol. The summed E-state index contributed by atoms with van der Waals surface area (Å²) in [7, 11) is 0. The number of aliphatic carboxylic acids is 1. The van der Waals surface area contributed by atoms with Crippen molar-refractivity contribution in [3.63, 3.8) is 0 Å². The zero-order chi connectivity index (χ0) is 16.7. The van der Waals surface area contributed by atoms with E-state index in [0.717, 1.165) is 21.1 Å². The minimum Gasteiger partial charge on any atom is -0.482 e. The average molecular weight is 332 g/mol. The molecule has 1 aromatic heterocycles. The van der Waals surface area contributed by atoms with Gasteiger partial charge in [0.05, 0.1) is 16.4 Å². The molecule has 0 spiro atoms. The first kappa shape index (κ1) is 15.5. The van der Waals surface area contributed by atoms with Crippen LogP contribution >= 0.6 is 11.3 Å². The smallest absolute Gasteiger partial charge is 0.326 e. The Hall–Kier alpha value is -2.41. The number of amides is 1. The Morgan fingerprint density at radius 3 is 2.78 bits per heavy atom. The highest BCUT2D eigenvalue weighted by Crippen LogP contribution is 2.38. The number of aromatic nitrogens is 1. The summed E-state index contributed by atoms with van der Waals surface area (Å²) in [6, 6.07) is 4.44. The van der Waals surface area contributed by atoms with E-state index in [2.05, 4.69) is 4.98 Å². The number of carboxylic acid groups (broad SMARTS) is 1. The molecule has 1 atom stereocenters. The Balaban J connectivity index is 2.11. The summed E-state index contributed by atoms with van der Waals surface area (Å²) in [5.41, 5.74) is 2.15. The molecule has 1 unspecified atom stereocenters. The van der Waals surface area contributed by atoms with Gasteiger partial charge < -0.3 is 9.84 Å². The third kappa shape index (κ3) is 2.68. The molecule has 0 bridgehead atoms. The molecule has 2 heterocycles. The Kier molecular flexibility index (Phi) is 3.81. The van der Waals surface area contributed by atoms with E-state index >= 15 is 0 Å². The van der Waals surface area contributed by atoms with Crippen LogP contribution in [-0.2, 0) is 9.59 Å². The third-order valence-corrected chi connectivity index (χ3v) is 4.65. The largest absolute Gasteiger partial charge is 0.482 e. The number of fused-ring (bicyclic) bond motifs is 1. The lowest BCUT2D eigenvalue weighted by Gasteiger charge is -2.32. The van der Waals surface area contributed by atoms with Crippen molar-refractivity contribution in [2.75, 3.05) is 11.5 Å². The van der Waals surface area contributed by atoms with Gasteiger partial charge in [0.1, 0.15) is 11.8 Å². The highest BCUT2D eigenvalue weighted by Gasteiger charge is 2.33. The molecule has 0 saturated carbocycles. The molecular weight excluding hydrogens is 316 g/mol. The second-order valence-electron chi connectivity index (χ2n) is 5.39. The van der Waals surface area contributed by atoms with E-state index in [1.54, 1.807) is 23.5 Å². The molecule has 1 N–H and O–H groups in total. The summed E-state index contributed by atoms with van der Waals surface area (Å²) in [4.78, 5) is 30.3. The van der Waals surface area contributed by atoms with Crippen molar-refractivity contribution >= 4 is 28.9 Å². The van der Waals surface area contributed by atoms with Gasteiger partial charge in [-0.1, -0.05) is 0 Å². The van der Waals surface area contributed by atoms with Crippen LogP contribution in [0, 0.1) is 13.8 Å². The van der Waals surface area contributed by atoms with Gasteiger partial charge in [-0.3, -0.25) is 9.69 Å². The number of carbonyl (C=O) groups is 2. The van der Waals surface area contributed by atoms with Gasteiger partial charge in [0.25, 0.3) is 5.91 Å². The molecule has 23 heavy (non-hydrogen) atoms. The highest BCUT2D eigenvalue weighted by molar-refractivity contribution is 7.11. The highest BCUT2D eigenvalue weighted by atomic mass is 32.1. The maximum atomic E-state index is 12.1. The lowest BCUT2D eigenvalue weighted by atomic mass is 10.1. The quantitative estimate of drug-likeness (QED) is 0.934. The van der Waals surface area contributed by atoms with Gasteiger partial charge in [0.2, 0.25) is 0 Å². The zero-order valence-corrected chi connectivity index (χ0v) is 13.8. The van der Waals surface area contributed by atoms with Crippen LogP contribution in [-0.4, -0.2) is 34.6 Å². The van der Waals surface area contributed by atoms with Crippen LogP contribution in [0.5, 0.6) is 5.75 Å². The fraction of sp³-hybridized carbons (Fsp3) is 0.312. The number of rotatable bonds is 3. The maximum Gasteiger partial charge on any atom is 0.326 e. The molecule has 7 heteroatoms. The number of thiazole rings is 1. The van der Waals surface area contributed by atoms with E-state index in [1.807, 2.05) is 19.9 Å². The summed E-state index contributed by atoms with van der Waals surface area (Å²) >= 11 is 1.60. The molecule has 1 aromatic carbocycles. The topological polar surface area (TPSA) is 79.7 Å². The standard InChI is InChI=1S/C16H16N2O4S/c1-8(16(20)21)18-12-6-11(15-9(2)23-10(3)17-15)4-5-13(12)22-7-14(18)19/h4-6,8H,7H2,1-3H3,(H,20,21). The molecule has 1 aliphatic heterocycles. The lowest BCUT2D eigenvalue weighted by Crippen LogP contribution is -2.48. The fourth-order valence-electron chi connectivity index (χ4n) is 2.65. The lowest BCUT2D eigenvalue weighted by molar-refractivity contribution is -0.140. The van der Waals surface area contributed by atoms with Gasteiger partial charge in [-0.25, -0.2) is 9.78 Å². The van der Waals surface area contributed by atoms with Gasteiger partial charge in [0, 0.05) is 10.4 Å². The van der Waals surface area contributed by atoms with Crippen LogP contribution < -0.4 is 9.64 Å². The number of anilines is 1. The first-order valence-electron chi connectivity index (χ1n) is 7.14. The maximum absolute atomic E-state index is 12.1. The van der Waals surface area contributed by atoms with E-state index < -0.39 is 12.0 Å². The normalized spacial score (nSPS) is 15.1. The van der Waals surface area contributed by atoms with E-state index in [0.29, 0.717) is 11.4 Å². The van der Waals surface area contributed by atoms with E-state index in [-0.39, 0.29) is 12.5 Å². The number of hydrogen-bond acceptors (Lipinski definition) is 5. The Morgan fingerprint density at radius 1 is 1.43 bits per heavy atom. The molecule has 0 radical (unpaired) electrons. The van der Waals surface area contributed by atoms with Crippen LogP contribution in [0.4, 0.5) is 5.69 Å². The number of benzene rings is 1. The molecule has 0 aliphatic carbocycles. The summed E-state index contributed by atoms with van der Waals surface area (Å²) in [6.07, 6.45) is 0. The summed E-state index contributed by atoms with van der Waals surface area (Å²) < 4.78 is 5.42. The second kappa shape index (κ2) is 5.66. The number of carbonyl (C=O) groups excluding carboxylic acids is 1. The monoisotopic (exact) mass is 332 g/mol. The fourth-order valence-corrected chi connectivity index (χ4v) is 3.49.